The first-order valence-corrected chi connectivity index (χ1v) is 14.8. The van der Waals surface area contributed by atoms with Crippen LogP contribution in [0.4, 0.5) is 5.69 Å². The summed E-state index contributed by atoms with van der Waals surface area (Å²) in [6.07, 6.45) is 0.747. The first-order chi connectivity index (χ1) is 19.2. The van der Waals surface area contributed by atoms with Crippen LogP contribution in [-0.2, 0) is 26.2 Å². The number of carbonyl (C=O) groups is 2. The van der Waals surface area contributed by atoms with Crippen LogP contribution in [0.2, 0.25) is 0 Å². The van der Waals surface area contributed by atoms with Crippen LogP contribution < -0.4 is 19.1 Å². The number of hydrogen-bond donors (Lipinski definition) is 1. The third kappa shape index (κ3) is 6.56. The van der Waals surface area contributed by atoms with Crippen molar-refractivity contribution in [1.82, 2.24) is 10.2 Å². The Bertz CT molecular complexity index is 1440. The third-order valence-corrected chi connectivity index (χ3v) is 8.53. The molecule has 0 spiro atoms. The van der Waals surface area contributed by atoms with E-state index in [4.69, 9.17) is 9.47 Å². The number of fused-ring (bicyclic) bond motifs is 1. The second-order valence-electron chi connectivity index (χ2n) is 9.57. The van der Waals surface area contributed by atoms with Crippen molar-refractivity contribution in [1.29, 1.82) is 0 Å². The Morgan fingerprint density at radius 3 is 2.33 bits per heavy atom. The van der Waals surface area contributed by atoms with Crippen LogP contribution in [0.5, 0.6) is 11.5 Å². The van der Waals surface area contributed by atoms with Gasteiger partial charge in [-0.05, 0) is 55.7 Å². The highest BCUT2D eigenvalue weighted by Gasteiger charge is 2.33. The van der Waals surface area contributed by atoms with Gasteiger partial charge in [-0.1, -0.05) is 49.4 Å². The number of aryl methyl sites for hydroxylation is 1. The number of benzene rings is 3. The largest absolute Gasteiger partial charge is 0.486 e. The molecule has 4 rings (SSSR count). The Kier molecular flexibility index (Phi) is 9.31. The molecule has 1 heterocycles. The highest BCUT2D eigenvalue weighted by atomic mass is 32.2. The molecular formula is C30H35N3O6S. The number of sulfonamides is 1. The second-order valence-corrected chi connectivity index (χ2v) is 11.4. The highest BCUT2D eigenvalue weighted by molar-refractivity contribution is 7.92. The molecule has 10 heteroatoms. The maximum absolute atomic E-state index is 14.0. The van der Waals surface area contributed by atoms with E-state index in [9.17, 15) is 18.0 Å². The molecule has 3 aromatic carbocycles. The van der Waals surface area contributed by atoms with Crippen LogP contribution in [0.1, 0.15) is 31.4 Å². The molecule has 0 saturated heterocycles. The third-order valence-electron chi connectivity index (χ3n) is 6.74. The van der Waals surface area contributed by atoms with Gasteiger partial charge in [0.2, 0.25) is 11.8 Å². The molecule has 0 aromatic heterocycles. The van der Waals surface area contributed by atoms with Gasteiger partial charge >= 0.3 is 0 Å². The van der Waals surface area contributed by atoms with E-state index in [0.717, 1.165) is 21.9 Å². The molecule has 1 unspecified atom stereocenters. The summed E-state index contributed by atoms with van der Waals surface area (Å²) in [6, 6.07) is 19.5. The van der Waals surface area contributed by atoms with Gasteiger partial charge < -0.3 is 19.7 Å². The Morgan fingerprint density at radius 2 is 1.62 bits per heavy atom. The van der Waals surface area contributed by atoms with Crippen molar-refractivity contribution in [3.05, 3.63) is 83.9 Å². The molecule has 1 aliphatic rings. The highest BCUT2D eigenvalue weighted by Crippen LogP contribution is 2.36. The lowest BCUT2D eigenvalue weighted by atomic mass is 10.1. The van der Waals surface area contributed by atoms with Crippen molar-refractivity contribution in [2.75, 3.05) is 30.6 Å². The number of carbonyl (C=O) groups excluding carboxylic acids is 2. The zero-order valence-corrected chi connectivity index (χ0v) is 23.8. The minimum absolute atomic E-state index is 0.0388. The summed E-state index contributed by atoms with van der Waals surface area (Å²) < 4.78 is 40.2. The number of ether oxygens (including phenoxy) is 2. The topological polar surface area (TPSA) is 105 Å². The van der Waals surface area contributed by atoms with Gasteiger partial charge in [0.1, 0.15) is 25.8 Å². The monoisotopic (exact) mass is 565 g/mol. The van der Waals surface area contributed by atoms with Gasteiger partial charge in [0.15, 0.2) is 11.5 Å². The molecule has 3 aromatic rings. The minimum atomic E-state index is -4.16. The van der Waals surface area contributed by atoms with Crippen molar-refractivity contribution in [3.8, 4) is 11.5 Å². The first kappa shape index (κ1) is 28.9. The van der Waals surface area contributed by atoms with E-state index in [1.165, 1.54) is 17.0 Å². The number of amides is 2. The van der Waals surface area contributed by atoms with Crippen LogP contribution in [0, 0.1) is 6.92 Å². The second kappa shape index (κ2) is 12.9. The summed E-state index contributed by atoms with van der Waals surface area (Å²) >= 11 is 0. The van der Waals surface area contributed by atoms with Crippen molar-refractivity contribution >= 4 is 27.5 Å². The number of rotatable bonds is 11. The molecule has 9 nitrogen and oxygen atoms in total. The summed E-state index contributed by atoms with van der Waals surface area (Å²) in [6.45, 7) is 6.35. The Morgan fingerprint density at radius 1 is 0.950 bits per heavy atom. The zero-order chi connectivity index (χ0) is 28.7. The summed E-state index contributed by atoms with van der Waals surface area (Å²) in [5, 5.41) is 2.85. The van der Waals surface area contributed by atoms with Crippen molar-refractivity contribution < 1.29 is 27.5 Å². The standard InChI is InChI=1S/C30H35N3O6S/c1-4-16-31-30(35)23(3)32(20-24-11-9-8-10-22(24)2)29(34)21-33(40(36,37)26-12-6-5-7-13-26)25-14-15-27-28(19-25)39-18-17-38-27/h5-15,19,23H,4,16-18,20-21H2,1-3H3,(H,31,35). The van der Waals surface area contributed by atoms with Gasteiger partial charge in [-0.15, -0.1) is 0 Å². The van der Waals surface area contributed by atoms with Crippen LogP contribution in [-0.4, -0.2) is 57.5 Å². The maximum Gasteiger partial charge on any atom is 0.264 e. The average Bonchev–Trinajstić information content (AvgIpc) is 2.97. The van der Waals surface area contributed by atoms with Crippen molar-refractivity contribution in [3.63, 3.8) is 0 Å². The van der Waals surface area contributed by atoms with Gasteiger partial charge in [-0.2, -0.15) is 0 Å². The zero-order valence-electron chi connectivity index (χ0n) is 23.0. The van der Waals surface area contributed by atoms with Crippen LogP contribution in [0.15, 0.2) is 77.7 Å². The molecule has 0 aliphatic carbocycles. The van der Waals surface area contributed by atoms with E-state index >= 15 is 0 Å². The molecule has 212 valence electrons. The summed E-state index contributed by atoms with van der Waals surface area (Å²) in [7, 11) is -4.16. The van der Waals surface area contributed by atoms with Gasteiger partial charge in [0.25, 0.3) is 10.0 Å². The van der Waals surface area contributed by atoms with Crippen molar-refractivity contribution in [2.45, 2.75) is 44.7 Å². The fourth-order valence-electron chi connectivity index (χ4n) is 4.39. The maximum atomic E-state index is 14.0. The smallest absolute Gasteiger partial charge is 0.264 e. The lowest BCUT2D eigenvalue weighted by molar-refractivity contribution is -0.139. The molecule has 0 fully saturated rings. The Labute approximate surface area is 235 Å². The SMILES string of the molecule is CCCNC(=O)C(C)N(Cc1ccccc1C)C(=O)CN(c1ccc2c(c1)OCCO2)S(=O)(=O)c1ccccc1. The van der Waals surface area contributed by atoms with Crippen LogP contribution in [0.25, 0.3) is 0 Å². The molecule has 0 radical (unpaired) electrons. The van der Waals surface area contributed by atoms with Crippen molar-refractivity contribution in [2.24, 2.45) is 0 Å². The van der Waals surface area contributed by atoms with Crippen LogP contribution in [0.3, 0.4) is 0 Å². The quantitative estimate of drug-likeness (QED) is 0.378. The summed E-state index contributed by atoms with van der Waals surface area (Å²) in [4.78, 5) is 28.5. The predicted molar refractivity (Wildman–Crippen MR) is 153 cm³/mol. The molecule has 0 saturated carbocycles. The van der Waals surface area contributed by atoms with Gasteiger partial charge in [-0.25, -0.2) is 8.42 Å². The van der Waals surface area contributed by atoms with Gasteiger partial charge in [0, 0.05) is 19.2 Å². The Hall–Kier alpha value is -4.05. The van der Waals surface area contributed by atoms with Gasteiger partial charge in [0.05, 0.1) is 10.6 Å². The van der Waals surface area contributed by atoms with Gasteiger partial charge in [-0.3, -0.25) is 13.9 Å². The lowest BCUT2D eigenvalue weighted by Gasteiger charge is -2.32. The van der Waals surface area contributed by atoms with E-state index in [2.05, 4.69) is 5.32 Å². The van der Waals surface area contributed by atoms with E-state index in [-0.39, 0.29) is 23.0 Å². The number of nitrogens with one attached hydrogen (secondary N) is 1. The molecule has 40 heavy (non-hydrogen) atoms. The first-order valence-electron chi connectivity index (χ1n) is 13.3. The summed E-state index contributed by atoms with van der Waals surface area (Å²) in [5.74, 6) is 0.0756. The molecular weight excluding hydrogens is 530 g/mol. The van der Waals surface area contributed by atoms with E-state index < -0.39 is 28.5 Å². The number of nitrogens with zero attached hydrogens (tertiary/aromatic N) is 2. The molecule has 1 atom stereocenters. The van der Waals surface area contributed by atoms with Crippen LogP contribution >= 0.6 is 0 Å². The summed E-state index contributed by atoms with van der Waals surface area (Å²) in [5.41, 5.74) is 2.07. The Balaban J connectivity index is 1.73. The lowest BCUT2D eigenvalue weighted by Crippen LogP contribution is -2.51. The van der Waals surface area contributed by atoms with E-state index in [1.54, 1.807) is 43.3 Å². The van der Waals surface area contributed by atoms with E-state index in [1.807, 2.05) is 38.1 Å². The predicted octanol–water partition coefficient (Wildman–Crippen LogP) is 3.91. The fourth-order valence-corrected chi connectivity index (χ4v) is 5.81. The normalized spacial score (nSPS) is 13.3. The average molecular weight is 566 g/mol. The molecule has 2 amide bonds. The number of anilines is 1. The molecule has 0 bridgehead atoms. The molecule has 1 N–H and O–H groups in total. The minimum Gasteiger partial charge on any atom is -0.486 e. The number of hydrogen-bond acceptors (Lipinski definition) is 6. The van der Waals surface area contributed by atoms with E-state index in [0.29, 0.717) is 31.3 Å². The molecule has 1 aliphatic heterocycles. The fraction of sp³-hybridized carbons (Fsp3) is 0.333.